The maximum Gasteiger partial charge on any atom is 0.221 e. The van der Waals surface area contributed by atoms with Crippen molar-refractivity contribution in [1.29, 1.82) is 5.26 Å². The van der Waals surface area contributed by atoms with E-state index in [-0.39, 0.29) is 5.91 Å². The van der Waals surface area contributed by atoms with E-state index in [1.54, 1.807) is 0 Å². The molecule has 3 nitrogen and oxygen atoms in total. The Morgan fingerprint density at radius 2 is 2.05 bits per heavy atom. The van der Waals surface area contributed by atoms with E-state index in [4.69, 9.17) is 5.26 Å². The number of hydrogen-bond donors (Lipinski definition) is 1. The molecule has 1 aliphatic rings. The lowest BCUT2D eigenvalue weighted by Crippen LogP contribution is -2.30. The van der Waals surface area contributed by atoms with Gasteiger partial charge in [-0.25, -0.2) is 0 Å². The lowest BCUT2D eigenvalue weighted by molar-refractivity contribution is -0.122. The molecule has 0 radical (unpaired) electrons. The van der Waals surface area contributed by atoms with Crippen molar-refractivity contribution in [2.75, 3.05) is 11.5 Å². The van der Waals surface area contributed by atoms with Crippen LogP contribution in [0.2, 0.25) is 0 Å². The normalized spacial score (nSPS) is 17.4. The summed E-state index contributed by atoms with van der Waals surface area (Å²) in [5.41, 5.74) is 0.845. The van der Waals surface area contributed by atoms with Gasteiger partial charge in [-0.05, 0) is 35.8 Å². The van der Waals surface area contributed by atoms with Crippen LogP contribution in [0.1, 0.15) is 30.9 Å². The van der Waals surface area contributed by atoms with Gasteiger partial charge in [0.1, 0.15) is 6.04 Å². The first-order valence-electron chi connectivity index (χ1n) is 6.61. The molecule has 1 aromatic carbocycles. The Balaban J connectivity index is 1.88. The first kappa shape index (κ1) is 14.0. The molecule has 1 heterocycles. The summed E-state index contributed by atoms with van der Waals surface area (Å²) in [7, 11) is 0. The Morgan fingerprint density at radius 3 is 2.68 bits per heavy atom. The van der Waals surface area contributed by atoms with Crippen LogP contribution in [0.25, 0.3) is 0 Å². The fourth-order valence-corrected chi connectivity index (χ4v) is 3.47. The average molecular weight is 274 g/mol. The third-order valence-corrected chi connectivity index (χ3v) is 4.43. The van der Waals surface area contributed by atoms with Gasteiger partial charge in [-0.3, -0.25) is 4.79 Å². The van der Waals surface area contributed by atoms with Crippen molar-refractivity contribution in [3.63, 3.8) is 0 Å². The maximum atomic E-state index is 12.0. The maximum absolute atomic E-state index is 12.0. The molecule has 0 saturated carbocycles. The molecule has 0 bridgehead atoms. The zero-order chi connectivity index (χ0) is 13.5. The van der Waals surface area contributed by atoms with Crippen molar-refractivity contribution >= 4 is 17.7 Å². The molecule has 1 amide bonds. The fourth-order valence-electron chi connectivity index (χ4n) is 2.27. The first-order valence-corrected chi connectivity index (χ1v) is 7.76. The van der Waals surface area contributed by atoms with Gasteiger partial charge in [-0.15, -0.1) is 0 Å². The van der Waals surface area contributed by atoms with Crippen molar-refractivity contribution in [2.24, 2.45) is 5.92 Å². The van der Waals surface area contributed by atoms with Crippen LogP contribution in [-0.2, 0) is 4.79 Å². The minimum absolute atomic E-state index is 0.00713. The highest BCUT2D eigenvalue weighted by molar-refractivity contribution is 7.99. The van der Waals surface area contributed by atoms with Crippen LogP contribution in [0.4, 0.5) is 0 Å². The molecule has 19 heavy (non-hydrogen) atoms. The van der Waals surface area contributed by atoms with Gasteiger partial charge in [0.15, 0.2) is 0 Å². The Kier molecular flexibility index (Phi) is 5.29. The molecule has 1 saturated heterocycles. The second-order valence-electron chi connectivity index (χ2n) is 4.80. The van der Waals surface area contributed by atoms with Crippen LogP contribution in [0, 0.1) is 17.2 Å². The van der Waals surface area contributed by atoms with Gasteiger partial charge in [0.05, 0.1) is 6.07 Å². The molecule has 1 aromatic rings. The van der Waals surface area contributed by atoms with E-state index in [2.05, 4.69) is 11.4 Å². The van der Waals surface area contributed by atoms with Crippen LogP contribution in [0.5, 0.6) is 0 Å². The molecule has 1 aliphatic heterocycles. The molecule has 0 spiro atoms. The second-order valence-corrected chi connectivity index (χ2v) is 6.02. The highest BCUT2D eigenvalue weighted by Crippen LogP contribution is 2.25. The second kappa shape index (κ2) is 7.20. The number of nitrogens with zero attached hydrogens (tertiary/aromatic N) is 1. The number of nitriles is 1. The van der Waals surface area contributed by atoms with E-state index in [0.717, 1.165) is 29.9 Å². The average Bonchev–Trinajstić information content (AvgIpc) is 2.47. The smallest absolute Gasteiger partial charge is 0.221 e. The van der Waals surface area contributed by atoms with Crippen LogP contribution >= 0.6 is 11.8 Å². The van der Waals surface area contributed by atoms with Crippen LogP contribution < -0.4 is 5.32 Å². The van der Waals surface area contributed by atoms with Gasteiger partial charge < -0.3 is 5.32 Å². The summed E-state index contributed by atoms with van der Waals surface area (Å²) in [5, 5.41) is 12.0. The Morgan fingerprint density at radius 1 is 1.37 bits per heavy atom. The number of carbonyl (C=O) groups is 1. The van der Waals surface area contributed by atoms with Crippen LogP contribution in [0.3, 0.4) is 0 Å². The Labute approximate surface area is 118 Å². The molecule has 100 valence electrons. The topological polar surface area (TPSA) is 52.9 Å². The van der Waals surface area contributed by atoms with E-state index in [1.165, 1.54) is 0 Å². The third-order valence-electron chi connectivity index (χ3n) is 3.38. The lowest BCUT2D eigenvalue weighted by Gasteiger charge is -2.21. The molecule has 0 aromatic heterocycles. The van der Waals surface area contributed by atoms with Crippen molar-refractivity contribution in [3.05, 3.63) is 35.9 Å². The zero-order valence-electron chi connectivity index (χ0n) is 10.8. The summed E-state index contributed by atoms with van der Waals surface area (Å²) in [6, 6.07) is 11.0. The third kappa shape index (κ3) is 4.29. The number of hydrogen-bond acceptors (Lipinski definition) is 3. The van der Waals surface area contributed by atoms with Gasteiger partial charge >= 0.3 is 0 Å². The predicted molar refractivity (Wildman–Crippen MR) is 77.6 cm³/mol. The van der Waals surface area contributed by atoms with Gasteiger partial charge in [0.2, 0.25) is 5.91 Å². The monoisotopic (exact) mass is 274 g/mol. The lowest BCUT2D eigenvalue weighted by atomic mass is 9.98. The molecular weight excluding hydrogens is 256 g/mol. The molecule has 2 rings (SSSR count). The van der Waals surface area contributed by atoms with Crippen LogP contribution in [-0.4, -0.2) is 17.4 Å². The highest BCUT2D eigenvalue weighted by Gasteiger charge is 2.19. The number of rotatable bonds is 4. The summed E-state index contributed by atoms with van der Waals surface area (Å²) >= 11 is 1.96. The van der Waals surface area contributed by atoms with Crippen molar-refractivity contribution in [2.45, 2.75) is 25.3 Å². The molecular formula is C15H18N2OS. The van der Waals surface area contributed by atoms with Crippen molar-refractivity contribution in [3.8, 4) is 6.07 Å². The predicted octanol–water partition coefficient (Wildman–Crippen LogP) is 2.90. The first-order chi connectivity index (χ1) is 9.29. The van der Waals surface area contributed by atoms with E-state index in [1.807, 2.05) is 42.1 Å². The summed E-state index contributed by atoms with van der Waals surface area (Å²) in [6.07, 6.45) is 2.77. The van der Waals surface area contributed by atoms with E-state index < -0.39 is 6.04 Å². The molecule has 1 N–H and O–H groups in total. The minimum atomic E-state index is -0.535. The largest absolute Gasteiger partial charge is 0.337 e. The SMILES string of the molecule is N#CC(NC(=O)CC1CCSCC1)c1ccccc1. The summed E-state index contributed by atoms with van der Waals surface area (Å²) in [5.74, 6) is 2.78. The summed E-state index contributed by atoms with van der Waals surface area (Å²) in [6.45, 7) is 0. The quantitative estimate of drug-likeness (QED) is 0.918. The van der Waals surface area contributed by atoms with E-state index >= 15 is 0 Å². The molecule has 4 heteroatoms. The van der Waals surface area contributed by atoms with Gasteiger partial charge in [-0.2, -0.15) is 17.0 Å². The van der Waals surface area contributed by atoms with Gasteiger partial charge in [0, 0.05) is 6.42 Å². The van der Waals surface area contributed by atoms with E-state index in [9.17, 15) is 4.79 Å². The molecule has 1 atom stereocenters. The Hall–Kier alpha value is -1.47. The highest BCUT2D eigenvalue weighted by atomic mass is 32.2. The number of carbonyl (C=O) groups excluding carboxylic acids is 1. The number of amides is 1. The number of thioether (sulfide) groups is 1. The van der Waals surface area contributed by atoms with E-state index in [0.29, 0.717) is 12.3 Å². The summed E-state index contributed by atoms with van der Waals surface area (Å²) in [4.78, 5) is 12.0. The Bertz CT molecular complexity index is 449. The number of nitrogens with one attached hydrogen (secondary N) is 1. The fraction of sp³-hybridized carbons (Fsp3) is 0.467. The van der Waals surface area contributed by atoms with Crippen LogP contribution in [0.15, 0.2) is 30.3 Å². The van der Waals surface area contributed by atoms with Crippen molar-refractivity contribution in [1.82, 2.24) is 5.32 Å². The van der Waals surface area contributed by atoms with Crippen molar-refractivity contribution < 1.29 is 4.79 Å². The molecule has 1 fully saturated rings. The molecule has 1 unspecified atom stereocenters. The zero-order valence-corrected chi connectivity index (χ0v) is 11.7. The standard InChI is InChI=1S/C15H18N2OS/c16-11-14(13-4-2-1-3-5-13)17-15(18)10-12-6-8-19-9-7-12/h1-5,12,14H,6-10H2,(H,17,18). The van der Waals surface area contributed by atoms with Gasteiger partial charge in [0.25, 0.3) is 0 Å². The summed E-state index contributed by atoms with van der Waals surface area (Å²) < 4.78 is 0. The minimum Gasteiger partial charge on any atom is -0.337 e. The number of benzene rings is 1. The van der Waals surface area contributed by atoms with Gasteiger partial charge in [-0.1, -0.05) is 30.3 Å². The molecule has 0 aliphatic carbocycles.